The number of rotatable bonds is 9. The van der Waals surface area contributed by atoms with Gasteiger partial charge in [0.05, 0.1) is 18.2 Å². The fourth-order valence-electron chi connectivity index (χ4n) is 2.92. The number of halogens is 2. The highest BCUT2D eigenvalue weighted by Crippen LogP contribution is 2.19. The Balaban J connectivity index is 1.89. The van der Waals surface area contributed by atoms with Crippen molar-refractivity contribution in [2.24, 2.45) is 0 Å². The number of ether oxygens (including phenoxy) is 3. The van der Waals surface area contributed by atoms with Gasteiger partial charge in [-0.1, -0.05) is 23.2 Å². The molecule has 9 nitrogen and oxygen atoms in total. The molecule has 2 N–H and O–H groups in total. The van der Waals surface area contributed by atoms with E-state index in [4.69, 9.17) is 37.4 Å². The van der Waals surface area contributed by atoms with Crippen molar-refractivity contribution in [1.29, 1.82) is 0 Å². The van der Waals surface area contributed by atoms with E-state index in [9.17, 15) is 24.3 Å². The van der Waals surface area contributed by atoms with Crippen LogP contribution in [0.5, 0.6) is 5.75 Å². The summed E-state index contributed by atoms with van der Waals surface area (Å²) in [7, 11) is 1.46. The van der Waals surface area contributed by atoms with Crippen LogP contribution in [0.25, 0.3) is 0 Å². The zero-order valence-corrected chi connectivity index (χ0v) is 20.2. The maximum atomic E-state index is 13.1. The molecule has 0 heterocycles. The van der Waals surface area contributed by atoms with Crippen LogP contribution in [0.1, 0.15) is 20.7 Å². The number of nitrogens with one attached hydrogen (secondary N) is 1. The molecule has 3 rings (SSSR count). The smallest absolute Gasteiger partial charge is 0.349 e. The van der Waals surface area contributed by atoms with Gasteiger partial charge >= 0.3 is 17.9 Å². The summed E-state index contributed by atoms with van der Waals surface area (Å²) in [6, 6.07) is 17.0. The Bertz CT molecular complexity index is 1240. The van der Waals surface area contributed by atoms with Gasteiger partial charge < -0.3 is 24.6 Å². The van der Waals surface area contributed by atoms with Crippen LogP contribution in [0, 0.1) is 0 Å². The highest BCUT2D eigenvalue weighted by Gasteiger charge is 2.41. The summed E-state index contributed by atoms with van der Waals surface area (Å²) in [6.07, 6.45) is -4.23. The van der Waals surface area contributed by atoms with Gasteiger partial charge in [0.1, 0.15) is 5.75 Å². The van der Waals surface area contributed by atoms with E-state index < -0.39 is 36.0 Å². The van der Waals surface area contributed by atoms with Crippen molar-refractivity contribution >= 4 is 52.7 Å². The van der Waals surface area contributed by atoms with Gasteiger partial charge in [0.15, 0.2) is 0 Å². The van der Waals surface area contributed by atoms with Crippen molar-refractivity contribution in [2.45, 2.75) is 12.2 Å². The van der Waals surface area contributed by atoms with Crippen LogP contribution in [-0.4, -0.2) is 48.2 Å². The van der Waals surface area contributed by atoms with Crippen LogP contribution in [0.15, 0.2) is 72.8 Å². The van der Waals surface area contributed by atoms with Gasteiger partial charge in [-0.3, -0.25) is 4.79 Å². The van der Waals surface area contributed by atoms with Gasteiger partial charge in [0.2, 0.25) is 12.2 Å². The third-order valence-electron chi connectivity index (χ3n) is 4.76. The van der Waals surface area contributed by atoms with Gasteiger partial charge in [-0.15, -0.1) is 0 Å². The lowest BCUT2D eigenvalue weighted by molar-refractivity contribution is -0.157. The van der Waals surface area contributed by atoms with Crippen LogP contribution in [0.3, 0.4) is 0 Å². The maximum Gasteiger partial charge on any atom is 0.349 e. The summed E-state index contributed by atoms with van der Waals surface area (Å²) in [5, 5.41) is 12.9. The topological polar surface area (TPSA) is 128 Å². The van der Waals surface area contributed by atoms with Crippen LogP contribution in [0.4, 0.5) is 5.69 Å². The summed E-state index contributed by atoms with van der Waals surface area (Å²) >= 11 is 11.6. The van der Waals surface area contributed by atoms with E-state index in [2.05, 4.69) is 5.32 Å². The predicted molar refractivity (Wildman–Crippen MR) is 131 cm³/mol. The Hall–Kier alpha value is -4.08. The third-order valence-corrected chi connectivity index (χ3v) is 5.27. The van der Waals surface area contributed by atoms with Gasteiger partial charge in [0.25, 0.3) is 5.91 Å². The second kappa shape index (κ2) is 12.1. The molecule has 3 aromatic carbocycles. The van der Waals surface area contributed by atoms with Crippen molar-refractivity contribution in [3.63, 3.8) is 0 Å². The molecule has 0 aromatic heterocycles. The van der Waals surface area contributed by atoms with Crippen LogP contribution in [-0.2, 0) is 19.1 Å². The summed E-state index contributed by atoms with van der Waals surface area (Å²) < 4.78 is 15.4. The molecule has 0 aliphatic carbocycles. The quantitative estimate of drug-likeness (QED) is 0.387. The Morgan fingerprint density at radius 2 is 1.17 bits per heavy atom. The highest BCUT2D eigenvalue weighted by molar-refractivity contribution is 6.31. The molecule has 0 aliphatic rings. The number of hydrogen-bond acceptors (Lipinski definition) is 7. The molecule has 0 spiro atoms. The number of benzene rings is 3. The average molecular weight is 532 g/mol. The first-order valence-electron chi connectivity index (χ1n) is 10.3. The van der Waals surface area contributed by atoms with E-state index in [0.717, 1.165) is 0 Å². The minimum Gasteiger partial charge on any atom is -0.497 e. The average Bonchev–Trinajstić information content (AvgIpc) is 2.87. The lowest BCUT2D eigenvalue weighted by Crippen LogP contribution is -2.48. The minimum atomic E-state index is -2.18. The molecular weight excluding hydrogens is 513 g/mol. The SMILES string of the molecule is COc1ccc(NC(=O)[C@@H](OC(=O)c2ccc(Cl)cc2)[C@H](OC(=O)c2ccc(Cl)cc2)C(=O)O)cc1. The largest absolute Gasteiger partial charge is 0.497 e. The van der Waals surface area contributed by atoms with Gasteiger partial charge in [-0.05, 0) is 72.8 Å². The summed E-state index contributed by atoms with van der Waals surface area (Å²) in [5.74, 6) is -4.34. The van der Waals surface area contributed by atoms with Gasteiger partial charge in [-0.2, -0.15) is 0 Å². The van der Waals surface area contributed by atoms with Crippen molar-refractivity contribution in [3.05, 3.63) is 94.0 Å². The molecule has 0 saturated carbocycles. The molecule has 186 valence electrons. The van der Waals surface area contributed by atoms with Crippen molar-refractivity contribution in [1.82, 2.24) is 0 Å². The van der Waals surface area contributed by atoms with Crippen LogP contribution in [0.2, 0.25) is 10.0 Å². The van der Waals surface area contributed by atoms with Gasteiger partial charge in [0, 0.05) is 15.7 Å². The molecule has 36 heavy (non-hydrogen) atoms. The van der Waals surface area contributed by atoms with E-state index in [1.807, 2.05) is 0 Å². The number of hydrogen-bond donors (Lipinski definition) is 2. The Kier molecular flexibility index (Phi) is 8.88. The van der Waals surface area contributed by atoms with Crippen LogP contribution < -0.4 is 10.1 Å². The molecule has 0 fully saturated rings. The number of esters is 2. The first-order chi connectivity index (χ1) is 17.2. The van der Waals surface area contributed by atoms with E-state index in [0.29, 0.717) is 15.8 Å². The Labute approximate surface area is 215 Å². The van der Waals surface area contributed by atoms with E-state index in [1.165, 1.54) is 67.8 Å². The second-order valence-electron chi connectivity index (χ2n) is 7.22. The third kappa shape index (κ3) is 6.97. The minimum absolute atomic E-state index is 0.00480. The summed E-state index contributed by atoms with van der Waals surface area (Å²) in [6.45, 7) is 0. The first-order valence-corrected chi connectivity index (χ1v) is 11.0. The second-order valence-corrected chi connectivity index (χ2v) is 8.09. The standard InChI is InChI=1S/C25H19Cl2NO8/c1-34-19-12-10-18(11-13-19)28-22(29)20(35-24(32)14-2-6-16(26)7-3-14)21(23(30)31)36-25(33)15-4-8-17(27)9-5-15/h2-13,20-21H,1H3,(H,28,29)(H,30,31)/t20-,21-/m0/s1. The molecule has 1 amide bonds. The van der Waals surface area contributed by atoms with Gasteiger partial charge in [-0.25, -0.2) is 14.4 Å². The number of aliphatic carboxylic acids is 1. The lowest BCUT2D eigenvalue weighted by atomic mass is 10.1. The number of carbonyl (C=O) groups excluding carboxylic acids is 3. The van der Waals surface area contributed by atoms with Crippen molar-refractivity contribution < 1.29 is 38.5 Å². The number of anilines is 1. The fraction of sp³-hybridized carbons (Fsp3) is 0.120. The van der Waals surface area contributed by atoms with E-state index >= 15 is 0 Å². The zero-order chi connectivity index (χ0) is 26.2. The van der Waals surface area contributed by atoms with E-state index in [-0.39, 0.29) is 16.8 Å². The first kappa shape index (κ1) is 26.5. The molecule has 0 aliphatic heterocycles. The molecule has 0 radical (unpaired) electrons. The summed E-state index contributed by atoms with van der Waals surface area (Å²) in [5.41, 5.74) is 0.223. The maximum absolute atomic E-state index is 13.1. The molecule has 0 saturated heterocycles. The highest BCUT2D eigenvalue weighted by atomic mass is 35.5. The predicted octanol–water partition coefficient (Wildman–Crippen LogP) is 4.48. The number of carbonyl (C=O) groups is 4. The molecule has 0 unspecified atom stereocenters. The van der Waals surface area contributed by atoms with Crippen molar-refractivity contribution in [2.75, 3.05) is 12.4 Å². The fourth-order valence-corrected chi connectivity index (χ4v) is 3.17. The monoisotopic (exact) mass is 531 g/mol. The number of carboxylic acids is 1. The number of carboxylic acid groups (broad SMARTS) is 1. The molecule has 3 aromatic rings. The van der Waals surface area contributed by atoms with E-state index in [1.54, 1.807) is 12.1 Å². The van der Waals surface area contributed by atoms with Crippen LogP contribution >= 0.6 is 23.2 Å². The lowest BCUT2D eigenvalue weighted by Gasteiger charge is -2.23. The molecule has 0 bridgehead atoms. The normalized spacial score (nSPS) is 12.1. The molecule has 11 heteroatoms. The molecular formula is C25H19Cl2NO8. The molecule has 2 atom stereocenters. The Morgan fingerprint density at radius 1 is 0.722 bits per heavy atom. The summed E-state index contributed by atoms with van der Waals surface area (Å²) in [4.78, 5) is 50.5. The zero-order valence-electron chi connectivity index (χ0n) is 18.6. The number of methoxy groups -OCH3 is 1. The van der Waals surface area contributed by atoms with Crippen molar-refractivity contribution in [3.8, 4) is 5.75 Å². The number of amides is 1. The Morgan fingerprint density at radius 3 is 1.58 bits per heavy atom.